The number of amides is 1. The lowest BCUT2D eigenvalue weighted by Gasteiger charge is -2.12. The van der Waals surface area contributed by atoms with Crippen LogP contribution >= 0.6 is 0 Å². The van der Waals surface area contributed by atoms with E-state index in [-0.39, 0.29) is 5.91 Å². The van der Waals surface area contributed by atoms with Crippen LogP contribution in [0.15, 0.2) is 48.5 Å². The molecule has 2 rings (SSSR count). The Bertz CT molecular complexity index is 771. The van der Waals surface area contributed by atoms with Gasteiger partial charge in [0.25, 0.3) is 0 Å². The molecule has 0 spiro atoms. The average molecular weight is 369 g/mol. The van der Waals surface area contributed by atoms with Gasteiger partial charge in [-0.15, -0.1) is 0 Å². The minimum Gasteiger partial charge on any atom is -0.496 e. The van der Waals surface area contributed by atoms with E-state index in [0.717, 1.165) is 29.0 Å². The van der Waals surface area contributed by atoms with E-state index in [1.807, 2.05) is 49.4 Å². The summed E-state index contributed by atoms with van der Waals surface area (Å²) in [6.07, 6.45) is 4.19. The number of hydrogen-bond acceptors (Lipinski definition) is 4. The number of nitrogens with one attached hydrogen (secondary N) is 1. The van der Waals surface area contributed by atoms with Gasteiger partial charge in [-0.3, -0.25) is 4.79 Å². The van der Waals surface area contributed by atoms with Crippen LogP contribution in [0.4, 0.5) is 0 Å². The molecule has 0 bridgehead atoms. The first kappa shape index (κ1) is 20.4. The third-order valence-corrected chi connectivity index (χ3v) is 3.80. The van der Waals surface area contributed by atoms with Gasteiger partial charge in [0.1, 0.15) is 5.75 Å². The molecule has 0 saturated heterocycles. The summed E-state index contributed by atoms with van der Waals surface area (Å²) in [4.78, 5) is 12.1. The Kier molecular flexibility index (Phi) is 8.23. The summed E-state index contributed by atoms with van der Waals surface area (Å²) in [5.74, 6) is 1.98. The van der Waals surface area contributed by atoms with Crippen LogP contribution in [0, 0.1) is 0 Å². The highest BCUT2D eigenvalue weighted by molar-refractivity contribution is 5.91. The van der Waals surface area contributed by atoms with Crippen LogP contribution in [0.1, 0.15) is 31.4 Å². The van der Waals surface area contributed by atoms with Gasteiger partial charge in [0.2, 0.25) is 5.91 Å². The van der Waals surface area contributed by atoms with Gasteiger partial charge in [0, 0.05) is 18.2 Å². The van der Waals surface area contributed by atoms with Crippen molar-refractivity contribution >= 4 is 12.0 Å². The fourth-order valence-electron chi connectivity index (χ4n) is 2.49. The molecule has 0 aliphatic heterocycles. The number of carbonyl (C=O) groups excluding carboxylic acids is 1. The molecule has 5 heteroatoms. The summed E-state index contributed by atoms with van der Waals surface area (Å²) in [6, 6.07) is 13.2. The Morgan fingerprint density at radius 2 is 1.85 bits per heavy atom. The van der Waals surface area contributed by atoms with Crippen molar-refractivity contribution in [2.75, 3.05) is 20.3 Å². The zero-order chi connectivity index (χ0) is 19.5. The van der Waals surface area contributed by atoms with E-state index in [1.54, 1.807) is 13.2 Å². The van der Waals surface area contributed by atoms with Gasteiger partial charge < -0.3 is 19.5 Å². The van der Waals surface area contributed by atoms with Crippen molar-refractivity contribution in [2.24, 2.45) is 0 Å². The molecular weight excluding hydrogens is 342 g/mol. The minimum atomic E-state index is -0.176. The summed E-state index contributed by atoms with van der Waals surface area (Å²) < 4.78 is 16.6. The maximum absolute atomic E-state index is 12.1. The highest BCUT2D eigenvalue weighted by Crippen LogP contribution is 2.29. The number of methoxy groups -OCH3 is 1. The van der Waals surface area contributed by atoms with E-state index in [4.69, 9.17) is 14.2 Å². The van der Waals surface area contributed by atoms with Gasteiger partial charge in [0.15, 0.2) is 11.5 Å². The van der Waals surface area contributed by atoms with Crippen LogP contribution in [-0.4, -0.2) is 26.2 Å². The first-order valence-electron chi connectivity index (χ1n) is 9.15. The average Bonchev–Trinajstić information content (AvgIpc) is 2.70. The molecule has 0 unspecified atom stereocenters. The molecule has 5 nitrogen and oxygen atoms in total. The molecule has 0 aliphatic rings. The Morgan fingerprint density at radius 3 is 2.59 bits per heavy atom. The SMILES string of the molecule is CCCOc1ccc(/C=C/C(=O)NCc2ccccc2OC)cc1OCC. The van der Waals surface area contributed by atoms with E-state index in [9.17, 15) is 4.79 Å². The second-order valence-corrected chi connectivity index (χ2v) is 5.85. The van der Waals surface area contributed by atoms with Crippen LogP contribution in [0.3, 0.4) is 0 Å². The van der Waals surface area contributed by atoms with Gasteiger partial charge in [-0.25, -0.2) is 0 Å². The van der Waals surface area contributed by atoms with Gasteiger partial charge in [-0.1, -0.05) is 31.2 Å². The number of benzene rings is 2. The number of carbonyl (C=O) groups is 1. The number of ether oxygens (including phenoxy) is 3. The topological polar surface area (TPSA) is 56.8 Å². The first-order valence-corrected chi connectivity index (χ1v) is 9.15. The lowest BCUT2D eigenvalue weighted by molar-refractivity contribution is -0.116. The lowest BCUT2D eigenvalue weighted by Crippen LogP contribution is -2.20. The van der Waals surface area contributed by atoms with E-state index < -0.39 is 0 Å². The Labute approximate surface area is 161 Å². The molecule has 1 N–H and O–H groups in total. The van der Waals surface area contributed by atoms with E-state index in [1.165, 1.54) is 6.08 Å². The molecule has 0 saturated carbocycles. The van der Waals surface area contributed by atoms with E-state index >= 15 is 0 Å². The van der Waals surface area contributed by atoms with E-state index in [2.05, 4.69) is 12.2 Å². The predicted octanol–water partition coefficient (Wildman–Crippen LogP) is 4.21. The molecule has 0 radical (unpaired) electrons. The second kappa shape index (κ2) is 10.9. The summed E-state index contributed by atoms with van der Waals surface area (Å²) in [5, 5.41) is 2.86. The zero-order valence-electron chi connectivity index (χ0n) is 16.2. The van der Waals surface area contributed by atoms with Crippen LogP contribution in [-0.2, 0) is 11.3 Å². The molecule has 0 heterocycles. The van der Waals surface area contributed by atoms with Crippen molar-refractivity contribution in [1.82, 2.24) is 5.32 Å². The van der Waals surface area contributed by atoms with Gasteiger partial charge in [-0.05, 0) is 43.2 Å². The Morgan fingerprint density at radius 1 is 1.04 bits per heavy atom. The van der Waals surface area contributed by atoms with Crippen molar-refractivity contribution in [2.45, 2.75) is 26.8 Å². The zero-order valence-corrected chi connectivity index (χ0v) is 16.2. The van der Waals surface area contributed by atoms with Crippen LogP contribution in [0.25, 0.3) is 6.08 Å². The summed E-state index contributed by atoms with van der Waals surface area (Å²) in [6.45, 7) is 5.58. The predicted molar refractivity (Wildman–Crippen MR) is 107 cm³/mol. The third kappa shape index (κ3) is 6.37. The summed E-state index contributed by atoms with van der Waals surface area (Å²) in [7, 11) is 1.62. The van der Waals surface area contributed by atoms with Gasteiger partial charge in [0.05, 0.1) is 20.3 Å². The fourth-order valence-corrected chi connectivity index (χ4v) is 2.49. The number of rotatable bonds is 10. The molecule has 2 aromatic carbocycles. The standard InChI is InChI=1S/C22H27NO4/c1-4-14-27-20-12-10-17(15-21(20)26-5-2)11-13-22(24)23-16-18-8-6-7-9-19(18)25-3/h6-13,15H,4-5,14,16H2,1-3H3,(H,23,24)/b13-11+. The monoisotopic (exact) mass is 369 g/mol. The molecule has 27 heavy (non-hydrogen) atoms. The fraction of sp³-hybridized carbons (Fsp3) is 0.318. The first-order chi connectivity index (χ1) is 13.2. The molecule has 0 aliphatic carbocycles. The van der Waals surface area contributed by atoms with Gasteiger partial charge >= 0.3 is 0 Å². The maximum atomic E-state index is 12.1. The van der Waals surface area contributed by atoms with Gasteiger partial charge in [-0.2, -0.15) is 0 Å². The number of para-hydroxylation sites is 1. The van der Waals surface area contributed by atoms with Crippen molar-refractivity contribution in [3.05, 3.63) is 59.7 Å². The molecule has 0 atom stereocenters. The van der Waals surface area contributed by atoms with Crippen LogP contribution < -0.4 is 19.5 Å². The summed E-state index contributed by atoms with van der Waals surface area (Å²) >= 11 is 0. The minimum absolute atomic E-state index is 0.176. The van der Waals surface area contributed by atoms with E-state index in [0.29, 0.717) is 25.5 Å². The van der Waals surface area contributed by atoms with Crippen molar-refractivity contribution < 1.29 is 19.0 Å². The Hall–Kier alpha value is -2.95. The Balaban J connectivity index is 1.99. The third-order valence-electron chi connectivity index (χ3n) is 3.80. The quantitative estimate of drug-likeness (QED) is 0.637. The molecular formula is C22H27NO4. The normalized spacial score (nSPS) is 10.6. The summed E-state index contributed by atoms with van der Waals surface area (Å²) in [5.41, 5.74) is 1.80. The van der Waals surface area contributed by atoms with Crippen LogP contribution in [0.2, 0.25) is 0 Å². The second-order valence-electron chi connectivity index (χ2n) is 5.85. The lowest BCUT2D eigenvalue weighted by atomic mass is 10.1. The molecule has 2 aromatic rings. The smallest absolute Gasteiger partial charge is 0.244 e. The molecule has 1 amide bonds. The highest BCUT2D eigenvalue weighted by Gasteiger charge is 2.06. The molecule has 0 fully saturated rings. The van der Waals surface area contributed by atoms with Crippen molar-refractivity contribution in [3.63, 3.8) is 0 Å². The number of hydrogen-bond donors (Lipinski definition) is 1. The van der Waals surface area contributed by atoms with Crippen LogP contribution in [0.5, 0.6) is 17.2 Å². The maximum Gasteiger partial charge on any atom is 0.244 e. The van der Waals surface area contributed by atoms with Crippen molar-refractivity contribution in [3.8, 4) is 17.2 Å². The molecule has 0 aromatic heterocycles. The highest BCUT2D eigenvalue weighted by atomic mass is 16.5. The van der Waals surface area contributed by atoms with Crippen molar-refractivity contribution in [1.29, 1.82) is 0 Å². The molecule has 144 valence electrons. The largest absolute Gasteiger partial charge is 0.496 e.